The summed E-state index contributed by atoms with van der Waals surface area (Å²) in [6.45, 7) is 2.08. The zero-order chi connectivity index (χ0) is 24.5. The zero-order valence-corrected chi connectivity index (χ0v) is 20.0. The van der Waals surface area contributed by atoms with Crippen LogP contribution in [0.25, 0.3) is 33.9 Å². The molecule has 174 valence electrons. The number of oxazole rings is 1. The summed E-state index contributed by atoms with van der Waals surface area (Å²) in [6.07, 6.45) is 0.893. The number of rotatable bonds is 6. The Morgan fingerprint density at radius 1 is 1.06 bits per heavy atom. The fraction of sp³-hybridized carbons (Fsp3) is 0.0769. The van der Waals surface area contributed by atoms with Crippen molar-refractivity contribution >= 4 is 44.3 Å². The Balaban J connectivity index is 1.33. The molecule has 0 fully saturated rings. The van der Waals surface area contributed by atoms with Gasteiger partial charge in [0.2, 0.25) is 5.89 Å². The number of nitro benzene ring substituents is 1. The van der Waals surface area contributed by atoms with Crippen LogP contribution in [0, 0.1) is 10.1 Å². The van der Waals surface area contributed by atoms with Crippen molar-refractivity contribution in [3.63, 3.8) is 0 Å². The summed E-state index contributed by atoms with van der Waals surface area (Å²) in [5.41, 5.74) is 4.13. The van der Waals surface area contributed by atoms with Gasteiger partial charge in [-0.25, -0.2) is 4.98 Å². The second kappa shape index (κ2) is 9.19. The van der Waals surface area contributed by atoms with Crippen LogP contribution < -0.4 is 5.32 Å². The third kappa shape index (κ3) is 4.45. The minimum absolute atomic E-state index is 0.0396. The zero-order valence-electron chi connectivity index (χ0n) is 18.4. The summed E-state index contributed by atoms with van der Waals surface area (Å²) in [6, 6.07) is 20.3. The highest BCUT2D eigenvalue weighted by atomic mass is 79.9. The summed E-state index contributed by atoms with van der Waals surface area (Å²) >= 11 is 3.54. The molecule has 0 aliphatic heterocycles. The van der Waals surface area contributed by atoms with E-state index in [2.05, 4.69) is 33.2 Å². The van der Waals surface area contributed by atoms with Crippen LogP contribution in [-0.4, -0.2) is 15.8 Å². The van der Waals surface area contributed by atoms with Crippen LogP contribution in [0.15, 0.2) is 86.1 Å². The van der Waals surface area contributed by atoms with Gasteiger partial charge >= 0.3 is 0 Å². The standard InChI is InChI=1S/C26H18BrN3O5/c1-2-15-13-19(27)24-20(14-15)29-26(35-24)16-7-9-17(10-8-16)28-25(31)23-12-11-22(34-23)18-5-3-4-6-21(18)30(32)33/h3-14H,2H2,1H3,(H,28,31). The predicted molar refractivity (Wildman–Crippen MR) is 135 cm³/mol. The Hall–Kier alpha value is -4.24. The number of carbonyl (C=O) groups is 1. The van der Waals surface area contributed by atoms with Gasteiger partial charge in [0.15, 0.2) is 11.3 Å². The molecule has 2 heterocycles. The lowest BCUT2D eigenvalue weighted by Crippen LogP contribution is -2.10. The molecule has 2 aromatic heterocycles. The number of aryl methyl sites for hydroxylation is 1. The maximum atomic E-state index is 12.7. The summed E-state index contributed by atoms with van der Waals surface area (Å²) in [4.78, 5) is 28.1. The van der Waals surface area contributed by atoms with E-state index in [-0.39, 0.29) is 17.2 Å². The highest BCUT2D eigenvalue weighted by molar-refractivity contribution is 9.10. The van der Waals surface area contributed by atoms with Gasteiger partial charge in [-0.15, -0.1) is 0 Å². The summed E-state index contributed by atoms with van der Waals surface area (Å²) in [5.74, 6) is 0.288. The van der Waals surface area contributed by atoms with Crippen molar-refractivity contribution < 1.29 is 18.6 Å². The molecular weight excluding hydrogens is 514 g/mol. The van der Waals surface area contributed by atoms with Gasteiger partial charge in [0.05, 0.1) is 15.0 Å². The normalized spacial score (nSPS) is 11.0. The first kappa shape index (κ1) is 22.5. The first-order valence-corrected chi connectivity index (χ1v) is 11.6. The average Bonchev–Trinajstić information content (AvgIpc) is 3.52. The van der Waals surface area contributed by atoms with Gasteiger partial charge < -0.3 is 14.2 Å². The van der Waals surface area contributed by atoms with Crippen LogP contribution in [0.3, 0.4) is 0 Å². The van der Waals surface area contributed by atoms with Gasteiger partial charge in [0.1, 0.15) is 11.3 Å². The van der Waals surface area contributed by atoms with Crippen LogP contribution in [-0.2, 0) is 6.42 Å². The minimum Gasteiger partial charge on any atom is -0.451 e. The molecule has 0 saturated heterocycles. The van der Waals surface area contributed by atoms with Crippen molar-refractivity contribution in [1.82, 2.24) is 4.98 Å². The van der Waals surface area contributed by atoms with Crippen molar-refractivity contribution in [2.24, 2.45) is 0 Å². The predicted octanol–water partition coefficient (Wildman–Crippen LogP) is 7.24. The van der Waals surface area contributed by atoms with Crippen LogP contribution in [0.4, 0.5) is 11.4 Å². The van der Waals surface area contributed by atoms with Gasteiger partial charge in [-0.05, 0) is 82.5 Å². The van der Waals surface area contributed by atoms with Crippen LogP contribution in [0.5, 0.6) is 0 Å². The molecule has 35 heavy (non-hydrogen) atoms. The molecule has 0 radical (unpaired) electrons. The molecule has 0 unspecified atom stereocenters. The molecule has 0 aliphatic carbocycles. The van der Waals surface area contributed by atoms with Crippen LogP contribution >= 0.6 is 15.9 Å². The van der Waals surface area contributed by atoms with Crippen LogP contribution in [0.1, 0.15) is 23.0 Å². The second-order valence-electron chi connectivity index (χ2n) is 7.77. The lowest BCUT2D eigenvalue weighted by atomic mass is 10.1. The number of nitrogens with one attached hydrogen (secondary N) is 1. The number of para-hydroxylation sites is 1. The molecule has 0 spiro atoms. The van der Waals surface area contributed by atoms with Crippen LogP contribution in [0.2, 0.25) is 0 Å². The molecule has 9 heteroatoms. The maximum Gasteiger partial charge on any atom is 0.291 e. The Bertz CT molecular complexity index is 1570. The molecule has 0 saturated carbocycles. The fourth-order valence-electron chi connectivity index (χ4n) is 3.71. The first-order chi connectivity index (χ1) is 16.9. The number of furan rings is 1. The highest BCUT2D eigenvalue weighted by Gasteiger charge is 2.19. The molecular formula is C26H18BrN3O5. The Labute approximate surface area is 207 Å². The van der Waals surface area contributed by atoms with Gasteiger partial charge in [0, 0.05) is 17.3 Å². The number of fused-ring (bicyclic) bond motifs is 1. The van der Waals surface area contributed by atoms with Crippen molar-refractivity contribution in [3.8, 4) is 22.8 Å². The third-order valence-corrected chi connectivity index (χ3v) is 6.09. The number of benzene rings is 3. The lowest BCUT2D eigenvalue weighted by Gasteiger charge is -2.04. The number of anilines is 1. The minimum atomic E-state index is -0.489. The third-order valence-electron chi connectivity index (χ3n) is 5.50. The van der Waals surface area contributed by atoms with Crippen molar-refractivity contribution in [1.29, 1.82) is 0 Å². The monoisotopic (exact) mass is 531 g/mol. The number of nitrogens with zero attached hydrogens (tertiary/aromatic N) is 2. The average molecular weight is 532 g/mol. The van der Waals surface area contributed by atoms with E-state index in [4.69, 9.17) is 8.83 Å². The van der Waals surface area contributed by atoms with E-state index in [9.17, 15) is 14.9 Å². The molecule has 5 rings (SSSR count). The number of halogens is 1. The van der Waals surface area contributed by atoms with Gasteiger partial charge in [-0.2, -0.15) is 0 Å². The smallest absolute Gasteiger partial charge is 0.291 e. The lowest BCUT2D eigenvalue weighted by molar-refractivity contribution is -0.384. The Morgan fingerprint density at radius 2 is 1.83 bits per heavy atom. The van der Waals surface area contributed by atoms with E-state index in [1.807, 2.05) is 12.1 Å². The Morgan fingerprint density at radius 3 is 2.57 bits per heavy atom. The quantitative estimate of drug-likeness (QED) is 0.182. The van der Waals surface area contributed by atoms with Gasteiger partial charge in [-0.1, -0.05) is 19.1 Å². The maximum absolute atomic E-state index is 12.7. The van der Waals surface area contributed by atoms with E-state index in [0.29, 0.717) is 22.7 Å². The van der Waals surface area contributed by atoms with Crippen molar-refractivity contribution in [2.45, 2.75) is 13.3 Å². The summed E-state index contributed by atoms with van der Waals surface area (Å²) < 4.78 is 12.4. The molecule has 8 nitrogen and oxygen atoms in total. The van der Waals surface area contributed by atoms with Gasteiger partial charge in [-0.3, -0.25) is 14.9 Å². The fourth-order valence-corrected chi connectivity index (χ4v) is 4.29. The van der Waals surface area contributed by atoms with Crippen molar-refractivity contribution in [3.05, 3.63) is 98.7 Å². The molecule has 0 bridgehead atoms. The molecule has 3 aromatic carbocycles. The van der Waals surface area contributed by atoms with E-state index in [1.165, 1.54) is 18.2 Å². The van der Waals surface area contributed by atoms with E-state index in [1.54, 1.807) is 42.5 Å². The number of amides is 1. The summed E-state index contributed by atoms with van der Waals surface area (Å²) in [7, 11) is 0. The van der Waals surface area contributed by atoms with Crippen molar-refractivity contribution in [2.75, 3.05) is 5.32 Å². The molecule has 0 atom stereocenters. The molecule has 1 amide bonds. The number of carbonyl (C=O) groups excluding carboxylic acids is 1. The topological polar surface area (TPSA) is 111 Å². The summed E-state index contributed by atoms with van der Waals surface area (Å²) in [5, 5.41) is 14.0. The first-order valence-electron chi connectivity index (χ1n) is 10.8. The van der Waals surface area contributed by atoms with Gasteiger partial charge in [0.25, 0.3) is 11.6 Å². The SMILES string of the molecule is CCc1cc(Br)c2oc(-c3ccc(NC(=O)c4ccc(-c5ccccc5[N+](=O)[O-])o4)cc3)nc2c1. The number of hydrogen-bond donors (Lipinski definition) is 1. The Kier molecular flexibility index (Phi) is 5.92. The number of hydrogen-bond acceptors (Lipinski definition) is 6. The molecule has 1 N–H and O–H groups in total. The number of nitro groups is 1. The largest absolute Gasteiger partial charge is 0.451 e. The highest BCUT2D eigenvalue weighted by Crippen LogP contribution is 2.32. The van der Waals surface area contributed by atoms with E-state index >= 15 is 0 Å². The second-order valence-corrected chi connectivity index (χ2v) is 8.62. The van der Waals surface area contributed by atoms with E-state index < -0.39 is 10.8 Å². The van der Waals surface area contributed by atoms with E-state index in [0.717, 1.165) is 27.5 Å². The molecule has 0 aliphatic rings. The number of aromatic nitrogens is 1. The molecule has 5 aromatic rings.